The van der Waals surface area contributed by atoms with Gasteiger partial charge in [-0.3, -0.25) is 4.79 Å². The van der Waals surface area contributed by atoms with Gasteiger partial charge in [-0.05, 0) is 54.3 Å². The van der Waals surface area contributed by atoms with Crippen molar-refractivity contribution in [3.63, 3.8) is 0 Å². The summed E-state index contributed by atoms with van der Waals surface area (Å²) in [5.74, 6) is 0. The highest BCUT2D eigenvalue weighted by molar-refractivity contribution is 5.69. The number of H-pyrrole nitrogens is 1. The van der Waals surface area contributed by atoms with Crippen LogP contribution >= 0.6 is 0 Å². The van der Waals surface area contributed by atoms with Crippen molar-refractivity contribution in [3.8, 4) is 11.1 Å². The number of pyridine rings is 1. The average Bonchev–Trinajstić information content (AvgIpc) is 2.26. The van der Waals surface area contributed by atoms with Gasteiger partial charge in [0.1, 0.15) is 0 Å². The fourth-order valence-corrected chi connectivity index (χ4v) is 1.73. The summed E-state index contributed by atoms with van der Waals surface area (Å²) in [6.45, 7) is 3.97. The molecular weight excluding hydrogens is 200 g/mol. The number of aryl methyl sites for hydroxylation is 2. The fourth-order valence-electron chi connectivity index (χ4n) is 1.73. The lowest BCUT2D eigenvalue weighted by atomic mass is 10.0. The van der Waals surface area contributed by atoms with Crippen molar-refractivity contribution in [1.82, 2.24) is 4.98 Å². The van der Waals surface area contributed by atoms with Crippen molar-refractivity contribution in [2.75, 3.05) is 5.73 Å². The lowest BCUT2D eigenvalue weighted by Gasteiger charge is -2.08. The van der Waals surface area contributed by atoms with Gasteiger partial charge in [0, 0.05) is 18.0 Å². The van der Waals surface area contributed by atoms with Crippen LogP contribution in [0.4, 0.5) is 5.69 Å². The molecule has 0 atom stereocenters. The molecule has 0 amide bonds. The zero-order chi connectivity index (χ0) is 11.7. The minimum absolute atomic E-state index is 0.0901. The van der Waals surface area contributed by atoms with Crippen LogP contribution in [0.5, 0.6) is 0 Å². The molecule has 0 saturated heterocycles. The number of rotatable bonds is 1. The first-order valence-corrected chi connectivity index (χ1v) is 5.14. The molecule has 82 valence electrons. The van der Waals surface area contributed by atoms with Crippen LogP contribution in [0.15, 0.2) is 35.3 Å². The molecule has 3 heteroatoms. The Labute approximate surface area is 93.9 Å². The van der Waals surface area contributed by atoms with Gasteiger partial charge in [0.15, 0.2) is 0 Å². The molecule has 2 aromatic rings. The van der Waals surface area contributed by atoms with Gasteiger partial charge >= 0.3 is 0 Å². The molecular formula is C13H14N2O. The standard InChI is InChI=1S/C13H14N2O/c1-8-5-11(6-9(2)13(8)14)10-3-4-12(16)15-7-10/h3-7H,14H2,1-2H3,(H,15,16). The second kappa shape index (κ2) is 3.85. The van der Waals surface area contributed by atoms with E-state index in [0.29, 0.717) is 0 Å². The van der Waals surface area contributed by atoms with Crippen LogP contribution < -0.4 is 11.3 Å². The Morgan fingerprint density at radius 3 is 2.19 bits per heavy atom. The molecule has 2 rings (SSSR count). The second-order valence-corrected chi connectivity index (χ2v) is 3.97. The summed E-state index contributed by atoms with van der Waals surface area (Å²) in [7, 11) is 0. The average molecular weight is 214 g/mol. The van der Waals surface area contributed by atoms with Gasteiger partial charge in [-0.15, -0.1) is 0 Å². The zero-order valence-corrected chi connectivity index (χ0v) is 9.37. The Morgan fingerprint density at radius 2 is 1.69 bits per heavy atom. The van der Waals surface area contributed by atoms with E-state index in [1.807, 2.05) is 32.0 Å². The summed E-state index contributed by atoms with van der Waals surface area (Å²) in [4.78, 5) is 13.6. The van der Waals surface area contributed by atoms with Crippen molar-refractivity contribution in [3.05, 3.63) is 51.9 Å². The van der Waals surface area contributed by atoms with Crippen molar-refractivity contribution in [1.29, 1.82) is 0 Å². The molecule has 0 saturated carbocycles. The first-order valence-electron chi connectivity index (χ1n) is 5.14. The number of nitrogens with one attached hydrogen (secondary N) is 1. The van der Waals surface area contributed by atoms with Crippen LogP contribution in [0.2, 0.25) is 0 Å². The summed E-state index contributed by atoms with van der Waals surface area (Å²) >= 11 is 0. The Balaban J connectivity index is 2.56. The molecule has 16 heavy (non-hydrogen) atoms. The number of aromatic nitrogens is 1. The van der Waals surface area contributed by atoms with Crippen LogP contribution in [0.1, 0.15) is 11.1 Å². The molecule has 1 aromatic carbocycles. The van der Waals surface area contributed by atoms with Gasteiger partial charge in [0.25, 0.3) is 0 Å². The van der Waals surface area contributed by atoms with Gasteiger partial charge in [-0.2, -0.15) is 0 Å². The summed E-state index contributed by atoms with van der Waals surface area (Å²) in [6, 6.07) is 7.38. The van der Waals surface area contributed by atoms with E-state index in [1.54, 1.807) is 6.20 Å². The van der Waals surface area contributed by atoms with Gasteiger partial charge < -0.3 is 10.7 Å². The van der Waals surface area contributed by atoms with Crippen LogP contribution in [-0.4, -0.2) is 4.98 Å². The minimum Gasteiger partial charge on any atom is -0.398 e. The molecule has 0 aliphatic carbocycles. The zero-order valence-electron chi connectivity index (χ0n) is 9.37. The van der Waals surface area contributed by atoms with Gasteiger partial charge in [-0.1, -0.05) is 0 Å². The van der Waals surface area contributed by atoms with E-state index >= 15 is 0 Å². The predicted octanol–water partition coefficient (Wildman–Crippen LogP) is 2.24. The highest BCUT2D eigenvalue weighted by Crippen LogP contribution is 2.25. The maximum absolute atomic E-state index is 11.0. The van der Waals surface area contributed by atoms with E-state index in [0.717, 1.165) is 27.9 Å². The molecule has 3 nitrogen and oxygen atoms in total. The molecule has 1 heterocycles. The highest BCUT2D eigenvalue weighted by Gasteiger charge is 2.03. The van der Waals surface area contributed by atoms with E-state index in [9.17, 15) is 4.79 Å². The Hall–Kier alpha value is -2.03. The maximum atomic E-state index is 11.0. The SMILES string of the molecule is Cc1cc(-c2ccc(=O)[nH]c2)cc(C)c1N. The largest absolute Gasteiger partial charge is 0.398 e. The second-order valence-electron chi connectivity index (χ2n) is 3.97. The first-order chi connectivity index (χ1) is 7.58. The molecule has 0 unspecified atom stereocenters. The van der Waals surface area contributed by atoms with E-state index in [-0.39, 0.29) is 5.56 Å². The lowest BCUT2D eigenvalue weighted by Crippen LogP contribution is -2.01. The number of benzene rings is 1. The van der Waals surface area contributed by atoms with Crippen molar-refractivity contribution >= 4 is 5.69 Å². The van der Waals surface area contributed by atoms with E-state index in [4.69, 9.17) is 5.73 Å². The van der Waals surface area contributed by atoms with Crippen LogP contribution in [0.25, 0.3) is 11.1 Å². The van der Waals surface area contributed by atoms with Crippen LogP contribution in [-0.2, 0) is 0 Å². The van der Waals surface area contributed by atoms with Gasteiger partial charge in [0.05, 0.1) is 0 Å². The molecule has 3 N–H and O–H groups in total. The third-order valence-electron chi connectivity index (χ3n) is 2.71. The molecule has 0 radical (unpaired) electrons. The Bertz CT molecular complexity index is 541. The topological polar surface area (TPSA) is 58.9 Å². The molecule has 0 aliphatic heterocycles. The number of aromatic amines is 1. The third-order valence-corrected chi connectivity index (χ3v) is 2.71. The first kappa shape index (κ1) is 10.5. The summed E-state index contributed by atoms with van der Waals surface area (Å²) < 4.78 is 0. The van der Waals surface area contributed by atoms with Crippen molar-refractivity contribution in [2.24, 2.45) is 0 Å². The minimum atomic E-state index is -0.0901. The summed E-state index contributed by atoms with van der Waals surface area (Å²) in [5.41, 5.74) is 10.8. The number of anilines is 1. The smallest absolute Gasteiger partial charge is 0.247 e. The fraction of sp³-hybridized carbons (Fsp3) is 0.154. The molecule has 0 aliphatic rings. The molecule has 0 bridgehead atoms. The van der Waals surface area contributed by atoms with Crippen LogP contribution in [0, 0.1) is 13.8 Å². The monoisotopic (exact) mass is 214 g/mol. The van der Waals surface area contributed by atoms with E-state index < -0.39 is 0 Å². The highest BCUT2D eigenvalue weighted by atomic mass is 16.1. The van der Waals surface area contributed by atoms with E-state index in [2.05, 4.69) is 4.98 Å². The number of nitrogen functional groups attached to an aromatic ring is 1. The number of hydrogen-bond donors (Lipinski definition) is 2. The van der Waals surface area contributed by atoms with Crippen molar-refractivity contribution < 1.29 is 0 Å². The lowest BCUT2D eigenvalue weighted by molar-refractivity contribution is 1.24. The molecule has 0 spiro atoms. The Kier molecular flexibility index (Phi) is 2.52. The number of hydrogen-bond acceptors (Lipinski definition) is 2. The predicted molar refractivity (Wildman–Crippen MR) is 66.4 cm³/mol. The third kappa shape index (κ3) is 1.84. The maximum Gasteiger partial charge on any atom is 0.247 e. The summed E-state index contributed by atoms with van der Waals surface area (Å²) in [6.07, 6.45) is 1.72. The van der Waals surface area contributed by atoms with E-state index in [1.165, 1.54) is 6.07 Å². The van der Waals surface area contributed by atoms with Crippen LogP contribution in [0.3, 0.4) is 0 Å². The van der Waals surface area contributed by atoms with Crippen molar-refractivity contribution in [2.45, 2.75) is 13.8 Å². The van der Waals surface area contributed by atoms with Gasteiger partial charge in [0.2, 0.25) is 5.56 Å². The normalized spacial score (nSPS) is 10.4. The quantitative estimate of drug-likeness (QED) is 0.715. The molecule has 1 aromatic heterocycles. The Morgan fingerprint density at radius 1 is 1.06 bits per heavy atom. The molecule has 0 fully saturated rings. The number of nitrogens with two attached hydrogens (primary N) is 1. The summed E-state index contributed by atoms with van der Waals surface area (Å²) in [5, 5.41) is 0. The van der Waals surface area contributed by atoms with Gasteiger partial charge in [-0.25, -0.2) is 0 Å².